The molecule has 0 fully saturated rings. The van der Waals surface area contributed by atoms with Gasteiger partial charge in [-0.05, 0) is 19.3 Å². The van der Waals surface area contributed by atoms with Crippen LogP contribution in [0.15, 0.2) is 0 Å². The lowest BCUT2D eigenvalue weighted by atomic mass is 10.0. The SMILES string of the molecule is CCCCC(C)NCC(N)C(C)C. The van der Waals surface area contributed by atoms with Gasteiger partial charge >= 0.3 is 0 Å². The molecule has 2 unspecified atom stereocenters. The van der Waals surface area contributed by atoms with Gasteiger partial charge in [-0.15, -0.1) is 0 Å². The lowest BCUT2D eigenvalue weighted by molar-refractivity contribution is 0.414. The van der Waals surface area contributed by atoms with Crippen LogP contribution in [0, 0.1) is 5.92 Å². The van der Waals surface area contributed by atoms with Gasteiger partial charge in [0.1, 0.15) is 0 Å². The first-order valence-electron chi connectivity index (χ1n) is 5.56. The minimum absolute atomic E-state index is 0.295. The molecule has 0 rings (SSSR count). The number of hydrogen-bond acceptors (Lipinski definition) is 2. The minimum atomic E-state index is 0.295. The predicted molar refractivity (Wildman–Crippen MR) is 59.8 cm³/mol. The molecule has 3 N–H and O–H groups in total. The Morgan fingerprint density at radius 2 is 1.85 bits per heavy atom. The van der Waals surface area contributed by atoms with Crippen molar-refractivity contribution < 1.29 is 0 Å². The molecule has 0 heterocycles. The molecule has 0 aromatic heterocycles. The van der Waals surface area contributed by atoms with Gasteiger partial charge in [0.15, 0.2) is 0 Å². The Morgan fingerprint density at radius 1 is 1.23 bits per heavy atom. The molecule has 80 valence electrons. The third-order valence-electron chi connectivity index (χ3n) is 2.55. The Balaban J connectivity index is 3.40. The average molecular weight is 186 g/mol. The second kappa shape index (κ2) is 7.34. The molecular weight excluding hydrogens is 160 g/mol. The van der Waals surface area contributed by atoms with Gasteiger partial charge in [0, 0.05) is 18.6 Å². The maximum atomic E-state index is 5.93. The zero-order valence-electron chi connectivity index (χ0n) is 9.64. The molecule has 0 radical (unpaired) electrons. The van der Waals surface area contributed by atoms with Gasteiger partial charge in [-0.3, -0.25) is 0 Å². The van der Waals surface area contributed by atoms with E-state index in [-0.39, 0.29) is 0 Å². The Morgan fingerprint density at radius 3 is 2.31 bits per heavy atom. The largest absolute Gasteiger partial charge is 0.326 e. The first-order chi connectivity index (χ1) is 6.07. The minimum Gasteiger partial charge on any atom is -0.326 e. The van der Waals surface area contributed by atoms with Crippen LogP contribution in [0.5, 0.6) is 0 Å². The van der Waals surface area contributed by atoms with Gasteiger partial charge in [-0.2, -0.15) is 0 Å². The molecule has 2 nitrogen and oxygen atoms in total. The molecule has 0 saturated heterocycles. The summed E-state index contributed by atoms with van der Waals surface area (Å²) >= 11 is 0. The summed E-state index contributed by atoms with van der Waals surface area (Å²) in [5, 5.41) is 3.47. The Kier molecular flexibility index (Phi) is 7.29. The summed E-state index contributed by atoms with van der Waals surface area (Å²) in [6.45, 7) is 9.75. The van der Waals surface area contributed by atoms with Gasteiger partial charge in [-0.25, -0.2) is 0 Å². The summed E-state index contributed by atoms with van der Waals surface area (Å²) in [6, 6.07) is 0.911. The number of hydrogen-bond donors (Lipinski definition) is 2. The molecule has 0 aliphatic rings. The smallest absolute Gasteiger partial charge is 0.0188 e. The summed E-state index contributed by atoms with van der Waals surface area (Å²) < 4.78 is 0. The van der Waals surface area contributed by atoms with Crippen LogP contribution in [-0.4, -0.2) is 18.6 Å². The number of unbranched alkanes of at least 4 members (excludes halogenated alkanes) is 1. The third kappa shape index (κ3) is 7.03. The van der Waals surface area contributed by atoms with E-state index in [1.165, 1.54) is 19.3 Å². The molecule has 2 atom stereocenters. The second-order valence-corrected chi connectivity index (χ2v) is 4.36. The van der Waals surface area contributed by atoms with Gasteiger partial charge in [0.2, 0.25) is 0 Å². The van der Waals surface area contributed by atoms with Crippen LogP contribution in [0.1, 0.15) is 47.0 Å². The fraction of sp³-hybridized carbons (Fsp3) is 1.00. The standard InChI is InChI=1S/C11H26N2/c1-5-6-7-10(4)13-8-11(12)9(2)3/h9-11,13H,5-8,12H2,1-4H3. The van der Waals surface area contributed by atoms with E-state index in [9.17, 15) is 0 Å². The normalized spacial score (nSPS) is 16.2. The molecule has 0 aliphatic heterocycles. The van der Waals surface area contributed by atoms with Gasteiger partial charge in [-0.1, -0.05) is 33.6 Å². The first-order valence-corrected chi connectivity index (χ1v) is 5.56. The summed E-state index contributed by atoms with van der Waals surface area (Å²) in [7, 11) is 0. The van der Waals surface area contributed by atoms with Crippen molar-refractivity contribution in [1.82, 2.24) is 5.32 Å². The predicted octanol–water partition coefficient (Wildman–Crippen LogP) is 2.14. The van der Waals surface area contributed by atoms with E-state index in [1.54, 1.807) is 0 Å². The van der Waals surface area contributed by atoms with Gasteiger partial charge in [0.05, 0.1) is 0 Å². The highest BCUT2D eigenvalue weighted by atomic mass is 14.9. The topological polar surface area (TPSA) is 38.0 Å². The maximum absolute atomic E-state index is 5.93. The summed E-state index contributed by atoms with van der Waals surface area (Å²) in [4.78, 5) is 0. The van der Waals surface area contributed by atoms with Crippen LogP contribution in [-0.2, 0) is 0 Å². The summed E-state index contributed by atoms with van der Waals surface area (Å²) in [6.07, 6.45) is 3.86. The number of rotatable bonds is 7. The van der Waals surface area contributed by atoms with Crippen LogP contribution in [0.4, 0.5) is 0 Å². The maximum Gasteiger partial charge on any atom is 0.0188 e. The van der Waals surface area contributed by atoms with E-state index in [1.807, 2.05) is 0 Å². The Hall–Kier alpha value is -0.0800. The lowest BCUT2D eigenvalue weighted by Gasteiger charge is -2.19. The molecule has 0 aromatic carbocycles. The van der Waals surface area contributed by atoms with Crippen molar-refractivity contribution in [2.45, 2.75) is 59.0 Å². The fourth-order valence-electron chi connectivity index (χ4n) is 1.19. The molecule has 13 heavy (non-hydrogen) atoms. The van der Waals surface area contributed by atoms with Crippen molar-refractivity contribution in [1.29, 1.82) is 0 Å². The van der Waals surface area contributed by atoms with Gasteiger partial charge in [0.25, 0.3) is 0 Å². The highest BCUT2D eigenvalue weighted by Gasteiger charge is 2.08. The molecule has 0 aliphatic carbocycles. The van der Waals surface area contributed by atoms with E-state index < -0.39 is 0 Å². The van der Waals surface area contributed by atoms with E-state index in [2.05, 4.69) is 33.0 Å². The average Bonchev–Trinajstić information content (AvgIpc) is 2.10. The Labute approximate surface area is 83.3 Å². The van der Waals surface area contributed by atoms with Crippen molar-refractivity contribution in [3.8, 4) is 0 Å². The second-order valence-electron chi connectivity index (χ2n) is 4.36. The zero-order chi connectivity index (χ0) is 10.3. The van der Waals surface area contributed by atoms with Crippen LogP contribution in [0.25, 0.3) is 0 Å². The van der Waals surface area contributed by atoms with Crippen molar-refractivity contribution in [2.75, 3.05) is 6.54 Å². The highest BCUT2D eigenvalue weighted by Crippen LogP contribution is 2.01. The summed E-state index contributed by atoms with van der Waals surface area (Å²) in [5.41, 5.74) is 5.93. The fourth-order valence-corrected chi connectivity index (χ4v) is 1.19. The monoisotopic (exact) mass is 186 g/mol. The molecule has 0 spiro atoms. The number of nitrogens with one attached hydrogen (secondary N) is 1. The van der Waals surface area contributed by atoms with Crippen LogP contribution >= 0.6 is 0 Å². The molecule has 0 amide bonds. The molecule has 2 heteroatoms. The van der Waals surface area contributed by atoms with Crippen LogP contribution < -0.4 is 11.1 Å². The third-order valence-corrected chi connectivity index (χ3v) is 2.55. The first kappa shape index (κ1) is 12.9. The molecular formula is C11H26N2. The van der Waals surface area contributed by atoms with Crippen molar-refractivity contribution in [2.24, 2.45) is 11.7 Å². The Bertz CT molecular complexity index is 113. The van der Waals surface area contributed by atoms with Crippen LogP contribution in [0.2, 0.25) is 0 Å². The van der Waals surface area contributed by atoms with Crippen molar-refractivity contribution >= 4 is 0 Å². The molecule has 0 bridgehead atoms. The number of nitrogens with two attached hydrogens (primary N) is 1. The van der Waals surface area contributed by atoms with Crippen LogP contribution in [0.3, 0.4) is 0 Å². The van der Waals surface area contributed by atoms with Crippen molar-refractivity contribution in [3.63, 3.8) is 0 Å². The summed E-state index contributed by atoms with van der Waals surface area (Å²) in [5.74, 6) is 0.575. The molecule has 0 saturated carbocycles. The molecule has 0 aromatic rings. The van der Waals surface area contributed by atoms with E-state index >= 15 is 0 Å². The van der Waals surface area contributed by atoms with Gasteiger partial charge < -0.3 is 11.1 Å². The van der Waals surface area contributed by atoms with Crippen molar-refractivity contribution in [3.05, 3.63) is 0 Å². The highest BCUT2D eigenvalue weighted by molar-refractivity contribution is 4.70. The van der Waals surface area contributed by atoms with E-state index in [0.29, 0.717) is 18.0 Å². The van der Waals surface area contributed by atoms with E-state index in [0.717, 1.165) is 6.54 Å². The van der Waals surface area contributed by atoms with E-state index in [4.69, 9.17) is 5.73 Å². The zero-order valence-corrected chi connectivity index (χ0v) is 9.64. The lowest BCUT2D eigenvalue weighted by Crippen LogP contribution is -2.41. The quantitative estimate of drug-likeness (QED) is 0.639.